The lowest BCUT2D eigenvalue weighted by molar-refractivity contribution is -0.138. The van der Waals surface area contributed by atoms with Gasteiger partial charge in [0, 0.05) is 6.61 Å². The number of hydrogen-bond acceptors (Lipinski definition) is 2. The number of ether oxygens (including phenoxy) is 1. The minimum absolute atomic E-state index is 0.450. The summed E-state index contributed by atoms with van der Waals surface area (Å²) < 4.78 is 5.66. The Balaban J connectivity index is 1.73. The highest BCUT2D eigenvalue weighted by molar-refractivity contribution is 5.75. The van der Waals surface area contributed by atoms with E-state index in [0.29, 0.717) is 6.61 Å². The Morgan fingerprint density at radius 3 is 2.58 bits per heavy atom. The van der Waals surface area contributed by atoms with Gasteiger partial charge in [-0.2, -0.15) is 0 Å². The summed E-state index contributed by atoms with van der Waals surface area (Å²) in [6.07, 6.45) is 5.29. The van der Waals surface area contributed by atoms with Crippen LogP contribution >= 0.6 is 0 Å². The third-order valence-electron chi connectivity index (χ3n) is 4.01. The molecule has 0 aliphatic heterocycles. The van der Waals surface area contributed by atoms with Crippen LogP contribution in [-0.2, 0) is 16.1 Å². The van der Waals surface area contributed by atoms with E-state index >= 15 is 0 Å². The minimum Gasteiger partial charge on any atom is -0.481 e. The molecule has 2 rings (SSSR count). The van der Waals surface area contributed by atoms with Gasteiger partial charge in [-0.3, -0.25) is 4.79 Å². The second-order valence-corrected chi connectivity index (χ2v) is 5.44. The first-order valence-corrected chi connectivity index (χ1v) is 7.06. The van der Waals surface area contributed by atoms with Crippen molar-refractivity contribution < 1.29 is 14.6 Å². The molecule has 0 saturated heterocycles. The largest absolute Gasteiger partial charge is 0.481 e. The van der Waals surface area contributed by atoms with Crippen molar-refractivity contribution in [1.82, 2.24) is 0 Å². The van der Waals surface area contributed by atoms with Gasteiger partial charge in [-0.05, 0) is 30.4 Å². The maximum atomic E-state index is 10.9. The van der Waals surface area contributed by atoms with Crippen molar-refractivity contribution in [1.29, 1.82) is 0 Å². The quantitative estimate of drug-likeness (QED) is 0.764. The molecule has 0 radical (unpaired) electrons. The fourth-order valence-corrected chi connectivity index (χ4v) is 2.27. The monoisotopic (exact) mass is 262 g/mol. The molecule has 1 saturated carbocycles. The highest BCUT2D eigenvalue weighted by atomic mass is 16.5. The number of aliphatic carboxylic acids is 1. The number of carboxylic acid groups (broad SMARTS) is 1. The molecule has 0 bridgehead atoms. The second kappa shape index (κ2) is 6.71. The Labute approximate surface area is 114 Å². The third kappa shape index (κ3) is 4.06. The molecule has 3 heteroatoms. The van der Waals surface area contributed by atoms with Crippen molar-refractivity contribution in [3.63, 3.8) is 0 Å². The molecular formula is C16H22O3. The fraction of sp³-hybridized carbons (Fsp3) is 0.562. The van der Waals surface area contributed by atoms with Crippen LogP contribution in [0.2, 0.25) is 0 Å². The molecule has 1 aliphatic rings. The summed E-state index contributed by atoms with van der Waals surface area (Å²) in [5, 5.41) is 8.93. The summed E-state index contributed by atoms with van der Waals surface area (Å²) >= 11 is 0. The highest BCUT2D eigenvalue weighted by Gasteiger charge is 2.16. The van der Waals surface area contributed by atoms with Crippen LogP contribution < -0.4 is 0 Å². The smallest absolute Gasteiger partial charge is 0.310 e. The Morgan fingerprint density at radius 1 is 1.37 bits per heavy atom. The zero-order chi connectivity index (χ0) is 13.7. The zero-order valence-corrected chi connectivity index (χ0v) is 11.5. The van der Waals surface area contributed by atoms with E-state index in [-0.39, 0.29) is 0 Å². The molecule has 19 heavy (non-hydrogen) atoms. The lowest BCUT2D eigenvalue weighted by atomic mass is 9.83. The van der Waals surface area contributed by atoms with Gasteiger partial charge < -0.3 is 9.84 Å². The van der Waals surface area contributed by atoms with Crippen molar-refractivity contribution in [2.45, 2.75) is 45.1 Å². The molecule has 1 atom stereocenters. The lowest BCUT2D eigenvalue weighted by Crippen LogP contribution is -2.13. The predicted molar refractivity (Wildman–Crippen MR) is 74.1 cm³/mol. The van der Waals surface area contributed by atoms with Crippen LogP contribution in [0.5, 0.6) is 0 Å². The average Bonchev–Trinajstić information content (AvgIpc) is 2.36. The zero-order valence-electron chi connectivity index (χ0n) is 11.5. The molecule has 1 fully saturated rings. The first kappa shape index (κ1) is 14.1. The number of rotatable bonds is 7. The maximum Gasteiger partial charge on any atom is 0.310 e. The van der Waals surface area contributed by atoms with Crippen LogP contribution in [0.1, 0.15) is 49.7 Å². The number of carbonyl (C=O) groups is 1. The molecule has 0 aromatic heterocycles. The highest BCUT2D eigenvalue weighted by Crippen LogP contribution is 2.29. The van der Waals surface area contributed by atoms with Gasteiger partial charge in [0.05, 0.1) is 12.5 Å². The summed E-state index contributed by atoms with van der Waals surface area (Å²) in [6.45, 7) is 3.15. The molecular weight excluding hydrogens is 240 g/mol. The van der Waals surface area contributed by atoms with Crippen LogP contribution in [0.4, 0.5) is 0 Å². The van der Waals surface area contributed by atoms with E-state index in [0.717, 1.165) is 23.7 Å². The topological polar surface area (TPSA) is 46.5 Å². The standard InChI is InChI=1S/C16H22O3/c1-12(16(17)18)15-7-5-14(6-8-15)11-19-10-9-13-3-2-4-13/h5-8,12-13H,2-4,9-11H2,1H3,(H,17,18). The number of hydrogen-bond donors (Lipinski definition) is 1. The van der Waals surface area contributed by atoms with Gasteiger partial charge in [0.25, 0.3) is 0 Å². The van der Waals surface area contributed by atoms with Crippen molar-refractivity contribution in [3.8, 4) is 0 Å². The van der Waals surface area contributed by atoms with Crippen molar-refractivity contribution in [2.75, 3.05) is 6.61 Å². The summed E-state index contributed by atoms with van der Waals surface area (Å²) in [7, 11) is 0. The van der Waals surface area contributed by atoms with Gasteiger partial charge in [0.2, 0.25) is 0 Å². The van der Waals surface area contributed by atoms with Crippen molar-refractivity contribution in [2.24, 2.45) is 5.92 Å². The third-order valence-corrected chi connectivity index (χ3v) is 4.01. The summed E-state index contributed by atoms with van der Waals surface area (Å²) in [5.41, 5.74) is 1.95. The van der Waals surface area contributed by atoms with Gasteiger partial charge in [0.1, 0.15) is 0 Å². The van der Waals surface area contributed by atoms with Gasteiger partial charge in [0.15, 0.2) is 0 Å². The van der Waals surface area contributed by atoms with E-state index in [1.165, 1.54) is 25.7 Å². The van der Waals surface area contributed by atoms with E-state index in [9.17, 15) is 4.79 Å². The first-order valence-electron chi connectivity index (χ1n) is 7.06. The van der Waals surface area contributed by atoms with Crippen molar-refractivity contribution >= 4 is 5.97 Å². The Morgan fingerprint density at radius 2 is 2.05 bits per heavy atom. The molecule has 1 N–H and O–H groups in total. The van der Waals surface area contributed by atoms with E-state index in [1.807, 2.05) is 24.3 Å². The SMILES string of the molecule is CC(C(=O)O)c1ccc(COCCC2CCC2)cc1. The number of benzene rings is 1. The van der Waals surface area contributed by atoms with Gasteiger partial charge >= 0.3 is 5.97 Å². The van der Waals surface area contributed by atoms with Crippen LogP contribution in [0.3, 0.4) is 0 Å². The molecule has 1 aliphatic carbocycles. The summed E-state index contributed by atoms with van der Waals surface area (Å²) in [5.74, 6) is -0.350. The molecule has 0 amide bonds. The number of carboxylic acids is 1. The summed E-state index contributed by atoms with van der Waals surface area (Å²) in [6, 6.07) is 7.67. The molecule has 3 nitrogen and oxygen atoms in total. The van der Waals surface area contributed by atoms with Gasteiger partial charge in [-0.1, -0.05) is 43.5 Å². The Hall–Kier alpha value is -1.35. The van der Waals surface area contributed by atoms with Crippen LogP contribution in [0.25, 0.3) is 0 Å². The van der Waals surface area contributed by atoms with E-state index in [2.05, 4.69) is 0 Å². The van der Waals surface area contributed by atoms with E-state index in [1.54, 1.807) is 6.92 Å². The van der Waals surface area contributed by atoms with Crippen molar-refractivity contribution in [3.05, 3.63) is 35.4 Å². The first-order chi connectivity index (χ1) is 9.16. The molecule has 0 heterocycles. The maximum absolute atomic E-state index is 10.9. The average molecular weight is 262 g/mol. The molecule has 1 unspecified atom stereocenters. The molecule has 1 aromatic carbocycles. The van der Waals surface area contributed by atoms with Gasteiger partial charge in [-0.25, -0.2) is 0 Å². The van der Waals surface area contributed by atoms with Gasteiger partial charge in [-0.15, -0.1) is 0 Å². The summed E-state index contributed by atoms with van der Waals surface area (Å²) in [4.78, 5) is 10.9. The van der Waals surface area contributed by atoms with Crippen LogP contribution in [0.15, 0.2) is 24.3 Å². The van der Waals surface area contributed by atoms with E-state index in [4.69, 9.17) is 9.84 Å². The minimum atomic E-state index is -0.788. The lowest BCUT2D eigenvalue weighted by Gasteiger charge is -2.24. The second-order valence-electron chi connectivity index (χ2n) is 5.44. The van der Waals surface area contributed by atoms with Crippen LogP contribution in [0, 0.1) is 5.92 Å². The Kier molecular flexibility index (Phi) is 4.97. The molecule has 1 aromatic rings. The normalized spacial score (nSPS) is 16.9. The van der Waals surface area contributed by atoms with Crippen LogP contribution in [-0.4, -0.2) is 17.7 Å². The molecule has 0 spiro atoms. The fourth-order valence-electron chi connectivity index (χ4n) is 2.27. The Bertz CT molecular complexity index is 407. The predicted octanol–water partition coefficient (Wildman–Crippen LogP) is 3.58. The molecule has 104 valence electrons. The van der Waals surface area contributed by atoms with E-state index < -0.39 is 11.9 Å².